The van der Waals surface area contributed by atoms with Crippen molar-refractivity contribution in [3.05, 3.63) is 12.5 Å². The Morgan fingerprint density at radius 3 is 2.84 bits per heavy atom. The molecule has 3 atom stereocenters. The molecule has 1 saturated carbocycles. The summed E-state index contributed by atoms with van der Waals surface area (Å²) in [5.74, 6) is 2.53. The van der Waals surface area contributed by atoms with Gasteiger partial charge in [0.15, 0.2) is 5.65 Å². The third kappa shape index (κ3) is 2.29. The summed E-state index contributed by atoms with van der Waals surface area (Å²) in [7, 11) is 1.91. The first-order valence-corrected chi connectivity index (χ1v) is 7.04. The van der Waals surface area contributed by atoms with Crippen LogP contribution in [0.25, 0.3) is 11.0 Å². The van der Waals surface area contributed by atoms with E-state index in [9.17, 15) is 0 Å². The summed E-state index contributed by atoms with van der Waals surface area (Å²) in [5, 5.41) is 8.84. The van der Waals surface area contributed by atoms with E-state index < -0.39 is 0 Å². The second kappa shape index (κ2) is 4.79. The Morgan fingerprint density at radius 1 is 1.21 bits per heavy atom. The van der Waals surface area contributed by atoms with Gasteiger partial charge < -0.3 is 5.32 Å². The lowest BCUT2D eigenvalue weighted by Gasteiger charge is -2.32. The second-order valence-electron chi connectivity index (χ2n) is 5.84. The van der Waals surface area contributed by atoms with E-state index in [0.29, 0.717) is 6.04 Å². The molecular weight excluding hydrogens is 238 g/mol. The van der Waals surface area contributed by atoms with E-state index in [1.807, 2.05) is 13.2 Å². The van der Waals surface area contributed by atoms with Gasteiger partial charge in [0.25, 0.3) is 0 Å². The number of anilines is 1. The lowest BCUT2D eigenvalue weighted by Crippen LogP contribution is -2.30. The van der Waals surface area contributed by atoms with Crippen molar-refractivity contribution in [2.24, 2.45) is 18.9 Å². The normalized spacial score (nSPS) is 27.6. The SMILES string of the molecule is CC1CCC(Nc2ncnc3c2cnn3C)CC1C. The summed E-state index contributed by atoms with van der Waals surface area (Å²) < 4.78 is 1.79. The zero-order valence-corrected chi connectivity index (χ0v) is 11.8. The highest BCUT2D eigenvalue weighted by atomic mass is 15.3. The molecular formula is C14H21N5. The molecule has 0 aromatic carbocycles. The number of hydrogen-bond acceptors (Lipinski definition) is 4. The lowest BCUT2D eigenvalue weighted by molar-refractivity contribution is 0.260. The van der Waals surface area contributed by atoms with Crippen LogP contribution in [0, 0.1) is 11.8 Å². The minimum atomic E-state index is 0.518. The van der Waals surface area contributed by atoms with Crippen LogP contribution in [-0.4, -0.2) is 25.8 Å². The van der Waals surface area contributed by atoms with Gasteiger partial charge in [0, 0.05) is 13.1 Å². The van der Waals surface area contributed by atoms with Gasteiger partial charge in [-0.1, -0.05) is 13.8 Å². The van der Waals surface area contributed by atoms with Crippen LogP contribution in [-0.2, 0) is 7.05 Å². The Kier molecular flexibility index (Phi) is 3.12. The van der Waals surface area contributed by atoms with Crippen LogP contribution in [0.1, 0.15) is 33.1 Å². The summed E-state index contributed by atoms with van der Waals surface area (Å²) in [6.07, 6.45) is 7.18. The minimum absolute atomic E-state index is 0.518. The van der Waals surface area contributed by atoms with Gasteiger partial charge in [0.2, 0.25) is 0 Å². The van der Waals surface area contributed by atoms with E-state index >= 15 is 0 Å². The number of aromatic nitrogens is 4. The molecule has 0 radical (unpaired) electrons. The van der Waals surface area contributed by atoms with Crippen LogP contribution in [0.4, 0.5) is 5.82 Å². The molecule has 2 aromatic heterocycles. The van der Waals surface area contributed by atoms with Crippen molar-refractivity contribution in [2.45, 2.75) is 39.2 Å². The van der Waals surface area contributed by atoms with Crippen molar-refractivity contribution in [2.75, 3.05) is 5.32 Å². The molecule has 0 spiro atoms. The molecule has 1 aliphatic carbocycles. The van der Waals surface area contributed by atoms with Crippen molar-refractivity contribution in [3.8, 4) is 0 Å². The van der Waals surface area contributed by atoms with Crippen molar-refractivity contribution in [1.82, 2.24) is 19.7 Å². The molecule has 102 valence electrons. The Hall–Kier alpha value is -1.65. The fourth-order valence-corrected chi connectivity index (χ4v) is 2.95. The Bertz CT molecular complexity index is 576. The largest absolute Gasteiger partial charge is 0.367 e. The van der Waals surface area contributed by atoms with Gasteiger partial charge in [-0.15, -0.1) is 0 Å². The Morgan fingerprint density at radius 2 is 2.05 bits per heavy atom. The van der Waals surface area contributed by atoms with E-state index in [-0.39, 0.29) is 0 Å². The number of hydrogen-bond donors (Lipinski definition) is 1. The highest BCUT2D eigenvalue weighted by Crippen LogP contribution is 2.31. The van der Waals surface area contributed by atoms with Crippen LogP contribution in [0.2, 0.25) is 0 Å². The molecule has 19 heavy (non-hydrogen) atoms. The number of nitrogens with zero attached hydrogens (tertiary/aromatic N) is 4. The summed E-state index contributed by atoms with van der Waals surface area (Å²) >= 11 is 0. The second-order valence-corrected chi connectivity index (χ2v) is 5.84. The predicted octanol–water partition coefficient (Wildman–Crippen LogP) is 2.60. The van der Waals surface area contributed by atoms with Gasteiger partial charge in [-0.25, -0.2) is 9.97 Å². The fourth-order valence-electron chi connectivity index (χ4n) is 2.95. The minimum Gasteiger partial charge on any atom is -0.367 e. The fraction of sp³-hybridized carbons (Fsp3) is 0.643. The number of fused-ring (bicyclic) bond motifs is 1. The van der Waals surface area contributed by atoms with Gasteiger partial charge in [-0.3, -0.25) is 4.68 Å². The molecule has 0 aliphatic heterocycles. The first-order chi connectivity index (χ1) is 9.15. The molecule has 2 heterocycles. The topological polar surface area (TPSA) is 55.6 Å². The maximum atomic E-state index is 4.38. The third-order valence-corrected chi connectivity index (χ3v) is 4.47. The van der Waals surface area contributed by atoms with E-state index in [4.69, 9.17) is 0 Å². The molecule has 0 amide bonds. The van der Waals surface area contributed by atoms with Crippen LogP contribution in [0.5, 0.6) is 0 Å². The monoisotopic (exact) mass is 259 g/mol. The summed E-state index contributed by atoms with van der Waals surface area (Å²) in [4.78, 5) is 8.65. The smallest absolute Gasteiger partial charge is 0.163 e. The van der Waals surface area contributed by atoms with E-state index in [1.165, 1.54) is 19.3 Å². The molecule has 1 fully saturated rings. The first kappa shape index (κ1) is 12.4. The molecule has 0 bridgehead atoms. The Labute approximate surface area is 113 Å². The van der Waals surface area contributed by atoms with E-state index in [0.717, 1.165) is 28.7 Å². The number of nitrogens with one attached hydrogen (secondary N) is 1. The van der Waals surface area contributed by atoms with Crippen molar-refractivity contribution in [1.29, 1.82) is 0 Å². The van der Waals surface area contributed by atoms with Gasteiger partial charge >= 0.3 is 0 Å². The van der Waals surface area contributed by atoms with Gasteiger partial charge in [0.1, 0.15) is 12.1 Å². The van der Waals surface area contributed by atoms with Crippen molar-refractivity contribution < 1.29 is 0 Å². The standard InChI is InChI=1S/C14H21N5/c1-9-4-5-11(6-10(9)2)18-13-12-7-17-19(3)14(12)16-8-15-13/h7-11H,4-6H2,1-3H3,(H,15,16,18). The Balaban J connectivity index is 1.82. The van der Waals surface area contributed by atoms with Gasteiger partial charge in [-0.2, -0.15) is 5.10 Å². The molecule has 0 saturated heterocycles. The van der Waals surface area contributed by atoms with Gasteiger partial charge in [0.05, 0.1) is 11.6 Å². The molecule has 5 nitrogen and oxygen atoms in total. The number of aryl methyl sites for hydroxylation is 1. The molecule has 1 aliphatic rings. The van der Waals surface area contributed by atoms with Crippen LogP contribution < -0.4 is 5.32 Å². The average molecular weight is 259 g/mol. The van der Waals surface area contributed by atoms with E-state index in [2.05, 4.69) is 34.2 Å². The molecule has 2 aromatic rings. The molecule has 3 rings (SSSR count). The third-order valence-electron chi connectivity index (χ3n) is 4.47. The van der Waals surface area contributed by atoms with Crippen molar-refractivity contribution >= 4 is 16.9 Å². The summed E-state index contributed by atoms with van der Waals surface area (Å²) in [6.45, 7) is 4.70. The summed E-state index contributed by atoms with van der Waals surface area (Å²) in [5.41, 5.74) is 0.884. The van der Waals surface area contributed by atoms with Gasteiger partial charge in [-0.05, 0) is 31.1 Å². The van der Waals surface area contributed by atoms with Crippen LogP contribution in [0.3, 0.4) is 0 Å². The predicted molar refractivity (Wildman–Crippen MR) is 75.9 cm³/mol. The summed E-state index contributed by atoms with van der Waals surface area (Å²) in [6, 6.07) is 0.518. The zero-order chi connectivity index (χ0) is 13.4. The average Bonchev–Trinajstić information content (AvgIpc) is 2.77. The van der Waals surface area contributed by atoms with Crippen LogP contribution >= 0.6 is 0 Å². The van der Waals surface area contributed by atoms with E-state index in [1.54, 1.807) is 11.0 Å². The first-order valence-electron chi connectivity index (χ1n) is 7.04. The molecule has 1 N–H and O–H groups in total. The number of rotatable bonds is 2. The quantitative estimate of drug-likeness (QED) is 0.900. The maximum Gasteiger partial charge on any atom is 0.163 e. The van der Waals surface area contributed by atoms with Crippen LogP contribution in [0.15, 0.2) is 12.5 Å². The zero-order valence-electron chi connectivity index (χ0n) is 11.8. The maximum absolute atomic E-state index is 4.38. The molecule has 5 heteroatoms. The molecule has 3 unspecified atom stereocenters. The van der Waals surface area contributed by atoms with Crippen molar-refractivity contribution in [3.63, 3.8) is 0 Å². The lowest BCUT2D eigenvalue weighted by atomic mass is 9.79. The highest BCUT2D eigenvalue weighted by Gasteiger charge is 2.25. The highest BCUT2D eigenvalue weighted by molar-refractivity contribution is 5.86.